The number of carbonyl (C=O) groups excluding carboxylic acids is 1. The Balaban J connectivity index is 1.53. The van der Waals surface area contributed by atoms with Crippen molar-refractivity contribution in [3.8, 4) is 0 Å². The summed E-state index contributed by atoms with van der Waals surface area (Å²) in [6, 6.07) is 0.724. The van der Waals surface area contributed by atoms with Gasteiger partial charge in [-0.15, -0.1) is 0 Å². The zero-order chi connectivity index (χ0) is 18.3. The van der Waals surface area contributed by atoms with Gasteiger partial charge in [0.25, 0.3) is 0 Å². The molecule has 5 heteroatoms. The van der Waals surface area contributed by atoms with Gasteiger partial charge in [0.05, 0.1) is 6.10 Å². The number of ether oxygens (including phenoxy) is 2. The summed E-state index contributed by atoms with van der Waals surface area (Å²) in [4.78, 5) is 13.9. The molecule has 0 aromatic heterocycles. The van der Waals surface area contributed by atoms with Crippen molar-refractivity contribution in [3.05, 3.63) is 0 Å². The lowest BCUT2D eigenvalue weighted by Crippen LogP contribution is -2.43. The lowest BCUT2D eigenvalue weighted by Gasteiger charge is -2.33. The number of likely N-dealkylation sites (tertiary alicyclic amines) is 1. The molecule has 2 fully saturated rings. The van der Waals surface area contributed by atoms with E-state index in [2.05, 4.69) is 12.2 Å². The first-order chi connectivity index (χ1) is 11.9. The van der Waals surface area contributed by atoms with E-state index in [4.69, 9.17) is 9.47 Å². The minimum absolute atomic E-state index is 0.197. The normalized spacial score (nSPS) is 25.4. The summed E-state index contributed by atoms with van der Waals surface area (Å²) < 4.78 is 11.4. The first kappa shape index (κ1) is 20.5. The Kier molecular flexibility index (Phi) is 8.01. The van der Waals surface area contributed by atoms with Crippen LogP contribution in [0.25, 0.3) is 0 Å². The van der Waals surface area contributed by atoms with Gasteiger partial charge in [0.1, 0.15) is 5.60 Å². The van der Waals surface area contributed by atoms with Gasteiger partial charge in [-0.2, -0.15) is 0 Å². The summed E-state index contributed by atoms with van der Waals surface area (Å²) in [5.74, 6) is 0.873. The number of nitrogens with one attached hydrogen (secondary N) is 1. The van der Waals surface area contributed by atoms with Gasteiger partial charge in [0, 0.05) is 25.7 Å². The van der Waals surface area contributed by atoms with E-state index in [1.54, 1.807) is 4.90 Å². The zero-order valence-corrected chi connectivity index (χ0v) is 16.7. The van der Waals surface area contributed by atoms with E-state index in [9.17, 15) is 4.79 Å². The molecule has 1 saturated carbocycles. The molecular formula is C20H38N2O3. The highest BCUT2D eigenvalue weighted by molar-refractivity contribution is 5.68. The highest BCUT2D eigenvalue weighted by Gasteiger charge is 2.27. The van der Waals surface area contributed by atoms with Gasteiger partial charge in [-0.1, -0.05) is 19.8 Å². The van der Waals surface area contributed by atoms with Crippen LogP contribution in [-0.4, -0.2) is 55.0 Å². The van der Waals surface area contributed by atoms with Crippen LogP contribution in [0, 0.1) is 5.92 Å². The number of carbonyl (C=O) groups is 1. The van der Waals surface area contributed by atoms with Gasteiger partial charge in [-0.3, -0.25) is 0 Å². The van der Waals surface area contributed by atoms with Crippen molar-refractivity contribution in [1.82, 2.24) is 10.2 Å². The molecule has 25 heavy (non-hydrogen) atoms. The molecule has 1 heterocycles. The molecule has 0 spiro atoms. The van der Waals surface area contributed by atoms with E-state index in [-0.39, 0.29) is 12.2 Å². The van der Waals surface area contributed by atoms with Gasteiger partial charge < -0.3 is 19.7 Å². The Labute approximate surface area is 153 Å². The van der Waals surface area contributed by atoms with Gasteiger partial charge in [-0.05, 0) is 65.3 Å². The Morgan fingerprint density at radius 3 is 2.52 bits per heavy atom. The van der Waals surface area contributed by atoms with Crippen molar-refractivity contribution in [1.29, 1.82) is 0 Å². The van der Waals surface area contributed by atoms with Crippen LogP contribution in [0.15, 0.2) is 0 Å². The largest absolute Gasteiger partial charge is 0.444 e. The molecule has 1 saturated heterocycles. The molecule has 1 aliphatic heterocycles. The van der Waals surface area contributed by atoms with Crippen LogP contribution in [0.1, 0.15) is 72.6 Å². The van der Waals surface area contributed by atoms with Crippen molar-refractivity contribution in [2.45, 2.75) is 90.4 Å². The predicted molar refractivity (Wildman–Crippen MR) is 101 cm³/mol. The molecule has 2 rings (SSSR count). The molecule has 0 aromatic carbocycles. The highest BCUT2D eigenvalue weighted by Crippen LogP contribution is 2.27. The topological polar surface area (TPSA) is 50.8 Å². The molecule has 0 radical (unpaired) electrons. The third kappa shape index (κ3) is 7.14. The fourth-order valence-corrected chi connectivity index (χ4v) is 3.94. The van der Waals surface area contributed by atoms with Gasteiger partial charge >= 0.3 is 6.09 Å². The van der Waals surface area contributed by atoms with Crippen molar-refractivity contribution >= 4 is 6.09 Å². The number of hydrogen-bond acceptors (Lipinski definition) is 4. The fourth-order valence-electron chi connectivity index (χ4n) is 3.94. The maximum atomic E-state index is 12.1. The van der Waals surface area contributed by atoms with E-state index in [1.807, 2.05) is 20.8 Å². The second kappa shape index (κ2) is 9.77. The lowest BCUT2D eigenvalue weighted by atomic mass is 10.0. The first-order valence-electron chi connectivity index (χ1n) is 10.2. The minimum Gasteiger partial charge on any atom is -0.444 e. The average Bonchev–Trinajstić information content (AvgIpc) is 3.01. The first-order valence-corrected chi connectivity index (χ1v) is 10.2. The molecule has 2 aliphatic rings. The number of nitrogens with zero attached hydrogens (tertiary/aromatic N) is 1. The Hall–Kier alpha value is -0.810. The monoisotopic (exact) mass is 354 g/mol. The summed E-state index contributed by atoms with van der Waals surface area (Å²) in [6.07, 6.45) is 8.38. The second-order valence-corrected chi connectivity index (χ2v) is 8.55. The zero-order valence-electron chi connectivity index (χ0n) is 16.7. The number of piperidine rings is 1. The second-order valence-electron chi connectivity index (χ2n) is 8.55. The summed E-state index contributed by atoms with van der Waals surface area (Å²) in [5.41, 5.74) is -0.423. The Bertz CT molecular complexity index is 400. The van der Waals surface area contributed by atoms with Gasteiger partial charge in [0.15, 0.2) is 0 Å². The third-order valence-electron chi connectivity index (χ3n) is 5.36. The van der Waals surface area contributed by atoms with Crippen LogP contribution in [0.5, 0.6) is 0 Å². The molecular weight excluding hydrogens is 316 g/mol. The molecule has 1 aliphatic carbocycles. The molecule has 5 nitrogen and oxygen atoms in total. The summed E-state index contributed by atoms with van der Waals surface area (Å²) >= 11 is 0. The molecule has 1 N–H and O–H groups in total. The third-order valence-corrected chi connectivity index (χ3v) is 5.36. The predicted octanol–water partition coefficient (Wildman–Crippen LogP) is 3.96. The van der Waals surface area contributed by atoms with Crippen LogP contribution >= 0.6 is 0 Å². The van der Waals surface area contributed by atoms with Crippen LogP contribution in [-0.2, 0) is 9.47 Å². The van der Waals surface area contributed by atoms with E-state index in [0.717, 1.165) is 57.5 Å². The SMILES string of the molecule is CCC1CCCC1NCCCOC1CCN(C(=O)OC(C)(C)C)CC1. The van der Waals surface area contributed by atoms with Crippen molar-refractivity contribution in [2.24, 2.45) is 5.92 Å². The standard InChI is InChI=1S/C20H38N2O3/c1-5-16-8-6-9-18(16)21-12-7-15-24-17-10-13-22(14-11-17)19(23)25-20(2,3)4/h16-18,21H,5-15H2,1-4H3. The van der Waals surface area contributed by atoms with Crippen LogP contribution in [0.2, 0.25) is 0 Å². The van der Waals surface area contributed by atoms with E-state index >= 15 is 0 Å². The van der Waals surface area contributed by atoms with Crippen LogP contribution in [0.3, 0.4) is 0 Å². The highest BCUT2D eigenvalue weighted by atomic mass is 16.6. The number of rotatable bonds is 7. The minimum atomic E-state index is -0.423. The number of amides is 1. The van der Waals surface area contributed by atoms with E-state index < -0.39 is 5.60 Å². The van der Waals surface area contributed by atoms with Crippen molar-refractivity contribution in [3.63, 3.8) is 0 Å². The van der Waals surface area contributed by atoms with Gasteiger partial charge in [-0.25, -0.2) is 4.79 Å². The molecule has 146 valence electrons. The lowest BCUT2D eigenvalue weighted by molar-refractivity contribution is -0.0118. The van der Waals surface area contributed by atoms with E-state index in [0.29, 0.717) is 0 Å². The number of hydrogen-bond donors (Lipinski definition) is 1. The summed E-state index contributed by atoms with van der Waals surface area (Å²) in [6.45, 7) is 11.4. The van der Waals surface area contributed by atoms with Crippen LogP contribution < -0.4 is 5.32 Å². The fraction of sp³-hybridized carbons (Fsp3) is 0.950. The van der Waals surface area contributed by atoms with Crippen molar-refractivity contribution in [2.75, 3.05) is 26.2 Å². The molecule has 2 unspecified atom stereocenters. The smallest absolute Gasteiger partial charge is 0.410 e. The van der Waals surface area contributed by atoms with E-state index in [1.165, 1.54) is 25.7 Å². The average molecular weight is 355 g/mol. The van der Waals surface area contributed by atoms with Gasteiger partial charge in [0.2, 0.25) is 0 Å². The Morgan fingerprint density at radius 2 is 1.88 bits per heavy atom. The molecule has 0 bridgehead atoms. The summed E-state index contributed by atoms with van der Waals surface area (Å²) in [5, 5.41) is 3.71. The maximum Gasteiger partial charge on any atom is 0.410 e. The molecule has 0 aromatic rings. The maximum absolute atomic E-state index is 12.1. The Morgan fingerprint density at radius 1 is 1.16 bits per heavy atom. The van der Waals surface area contributed by atoms with Crippen LogP contribution in [0.4, 0.5) is 4.79 Å². The quantitative estimate of drug-likeness (QED) is 0.703. The summed E-state index contributed by atoms with van der Waals surface area (Å²) in [7, 11) is 0. The molecule has 2 atom stereocenters. The molecule has 1 amide bonds. The van der Waals surface area contributed by atoms with Crippen molar-refractivity contribution < 1.29 is 14.3 Å².